The van der Waals surface area contributed by atoms with Gasteiger partial charge >= 0.3 is 0 Å². The van der Waals surface area contributed by atoms with Crippen LogP contribution in [-0.2, 0) is 0 Å². The van der Waals surface area contributed by atoms with Crippen molar-refractivity contribution in [1.29, 1.82) is 0 Å². The van der Waals surface area contributed by atoms with Crippen LogP contribution in [0, 0.1) is 6.92 Å². The van der Waals surface area contributed by atoms with Gasteiger partial charge < -0.3 is 10.0 Å². The zero-order valence-electron chi connectivity index (χ0n) is 7.37. The van der Waals surface area contributed by atoms with Crippen molar-refractivity contribution in [1.82, 2.24) is 4.98 Å². The van der Waals surface area contributed by atoms with Crippen molar-refractivity contribution in [3.8, 4) is 0 Å². The molecule has 1 aromatic rings. The van der Waals surface area contributed by atoms with Gasteiger partial charge in [0.2, 0.25) is 0 Å². The lowest BCUT2D eigenvalue weighted by Gasteiger charge is -2.38. The van der Waals surface area contributed by atoms with Gasteiger partial charge in [-0.3, -0.25) is 4.98 Å². The van der Waals surface area contributed by atoms with Gasteiger partial charge in [0.15, 0.2) is 0 Å². The average molecular weight is 199 g/mol. The molecule has 2 rings (SSSR count). The van der Waals surface area contributed by atoms with Gasteiger partial charge in [-0.15, -0.1) is 0 Å². The van der Waals surface area contributed by atoms with Gasteiger partial charge in [0.1, 0.15) is 0 Å². The van der Waals surface area contributed by atoms with Gasteiger partial charge in [-0.1, -0.05) is 11.6 Å². The summed E-state index contributed by atoms with van der Waals surface area (Å²) >= 11 is 6.06. The van der Waals surface area contributed by atoms with Crippen LogP contribution in [0.1, 0.15) is 5.69 Å². The third-order valence-electron chi connectivity index (χ3n) is 2.25. The highest BCUT2D eigenvalue weighted by Gasteiger charge is 2.26. The van der Waals surface area contributed by atoms with E-state index in [2.05, 4.69) is 4.98 Å². The van der Waals surface area contributed by atoms with Gasteiger partial charge in [0.05, 0.1) is 22.5 Å². The number of aliphatic hydroxyl groups is 1. The molecule has 13 heavy (non-hydrogen) atoms. The zero-order chi connectivity index (χ0) is 9.42. The second-order valence-electron chi connectivity index (χ2n) is 3.29. The molecule has 3 nitrogen and oxygen atoms in total. The Labute approximate surface area is 82.0 Å². The van der Waals surface area contributed by atoms with Crippen LogP contribution in [0.5, 0.6) is 0 Å². The monoisotopic (exact) mass is 198 g/mol. The van der Waals surface area contributed by atoms with Crippen LogP contribution in [0.4, 0.5) is 5.69 Å². The SMILES string of the molecule is Cc1nccc(N2CC(O)C2)c1Cl. The molecule has 0 atom stereocenters. The summed E-state index contributed by atoms with van der Waals surface area (Å²) in [5.41, 5.74) is 1.81. The largest absolute Gasteiger partial charge is 0.389 e. The first-order valence-electron chi connectivity index (χ1n) is 4.22. The minimum absolute atomic E-state index is 0.204. The van der Waals surface area contributed by atoms with Crippen LogP contribution in [0.15, 0.2) is 12.3 Å². The number of hydrogen-bond donors (Lipinski definition) is 1. The van der Waals surface area contributed by atoms with Crippen LogP contribution >= 0.6 is 11.6 Å². The second-order valence-corrected chi connectivity index (χ2v) is 3.67. The molecule has 70 valence electrons. The summed E-state index contributed by atoms with van der Waals surface area (Å²) in [5.74, 6) is 0. The van der Waals surface area contributed by atoms with Crippen molar-refractivity contribution in [2.75, 3.05) is 18.0 Å². The summed E-state index contributed by atoms with van der Waals surface area (Å²) in [4.78, 5) is 6.12. The molecule has 1 aliphatic heterocycles. The molecule has 1 saturated heterocycles. The summed E-state index contributed by atoms with van der Waals surface area (Å²) < 4.78 is 0. The fourth-order valence-corrected chi connectivity index (χ4v) is 1.66. The number of anilines is 1. The van der Waals surface area contributed by atoms with Crippen LogP contribution < -0.4 is 4.90 Å². The molecule has 1 aromatic heterocycles. The fourth-order valence-electron chi connectivity index (χ4n) is 1.43. The molecule has 0 unspecified atom stereocenters. The maximum atomic E-state index is 9.14. The molecule has 0 spiro atoms. The van der Waals surface area contributed by atoms with Crippen molar-refractivity contribution in [3.05, 3.63) is 23.0 Å². The highest BCUT2D eigenvalue weighted by molar-refractivity contribution is 6.33. The molecule has 0 bridgehead atoms. The number of aliphatic hydroxyl groups excluding tert-OH is 1. The molecular weight excluding hydrogens is 188 g/mol. The highest BCUT2D eigenvalue weighted by Crippen LogP contribution is 2.30. The first-order valence-corrected chi connectivity index (χ1v) is 4.60. The molecule has 4 heteroatoms. The average Bonchev–Trinajstić information content (AvgIpc) is 2.05. The van der Waals surface area contributed by atoms with Crippen LogP contribution in [0.25, 0.3) is 0 Å². The number of aryl methyl sites for hydroxylation is 1. The van der Waals surface area contributed by atoms with Crippen LogP contribution in [0.3, 0.4) is 0 Å². The van der Waals surface area contributed by atoms with Crippen molar-refractivity contribution in [2.45, 2.75) is 13.0 Å². The van der Waals surface area contributed by atoms with E-state index in [0.717, 1.165) is 11.4 Å². The fraction of sp³-hybridized carbons (Fsp3) is 0.444. The lowest BCUT2D eigenvalue weighted by atomic mass is 10.1. The first kappa shape index (κ1) is 8.78. The summed E-state index contributed by atoms with van der Waals surface area (Å²) in [6, 6.07) is 1.88. The Morgan fingerprint density at radius 1 is 1.62 bits per heavy atom. The van der Waals surface area contributed by atoms with E-state index in [4.69, 9.17) is 16.7 Å². The Bertz CT molecular complexity index is 323. The quantitative estimate of drug-likeness (QED) is 0.738. The lowest BCUT2D eigenvalue weighted by molar-refractivity contribution is 0.142. The first-order chi connectivity index (χ1) is 6.18. The summed E-state index contributed by atoms with van der Waals surface area (Å²) in [5, 5.41) is 9.83. The van der Waals surface area contributed by atoms with E-state index in [1.54, 1.807) is 6.20 Å². The van der Waals surface area contributed by atoms with Crippen LogP contribution in [-0.4, -0.2) is 29.3 Å². The number of nitrogens with zero attached hydrogens (tertiary/aromatic N) is 2. The summed E-state index contributed by atoms with van der Waals surface area (Å²) in [6.07, 6.45) is 1.53. The summed E-state index contributed by atoms with van der Waals surface area (Å²) in [6.45, 7) is 3.22. The van der Waals surface area contributed by atoms with Gasteiger partial charge in [-0.25, -0.2) is 0 Å². The maximum Gasteiger partial charge on any atom is 0.0889 e. The van der Waals surface area contributed by atoms with E-state index in [-0.39, 0.29) is 6.10 Å². The smallest absolute Gasteiger partial charge is 0.0889 e. The summed E-state index contributed by atoms with van der Waals surface area (Å²) in [7, 11) is 0. The normalized spacial score (nSPS) is 17.3. The Morgan fingerprint density at radius 3 is 2.92 bits per heavy atom. The van der Waals surface area contributed by atoms with Crippen molar-refractivity contribution >= 4 is 17.3 Å². The van der Waals surface area contributed by atoms with Gasteiger partial charge in [-0.2, -0.15) is 0 Å². The predicted molar refractivity (Wildman–Crippen MR) is 52.2 cm³/mol. The number of rotatable bonds is 1. The third kappa shape index (κ3) is 1.49. The van der Waals surface area contributed by atoms with Gasteiger partial charge in [0, 0.05) is 19.3 Å². The molecule has 0 aromatic carbocycles. The minimum Gasteiger partial charge on any atom is -0.389 e. The number of hydrogen-bond acceptors (Lipinski definition) is 3. The molecule has 0 saturated carbocycles. The topological polar surface area (TPSA) is 36.4 Å². The molecule has 1 N–H and O–H groups in total. The Balaban J connectivity index is 2.26. The predicted octanol–water partition coefficient (Wildman–Crippen LogP) is 1.22. The van der Waals surface area contributed by atoms with E-state index in [9.17, 15) is 0 Å². The highest BCUT2D eigenvalue weighted by atomic mass is 35.5. The Morgan fingerprint density at radius 2 is 2.31 bits per heavy atom. The van der Waals surface area contributed by atoms with Gasteiger partial charge in [0.25, 0.3) is 0 Å². The third-order valence-corrected chi connectivity index (χ3v) is 2.71. The molecule has 1 fully saturated rings. The van der Waals surface area contributed by atoms with Crippen LogP contribution in [0.2, 0.25) is 5.02 Å². The van der Waals surface area contributed by atoms with E-state index in [0.29, 0.717) is 18.1 Å². The van der Waals surface area contributed by atoms with E-state index < -0.39 is 0 Å². The van der Waals surface area contributed by atoms with E-state index in [1.165, 1.54) is 0 Å². The van der Waals surface area contributed by atoms with Gasteiger partial charge in [-0.05, 0) is 13.0 Å². The number of halogens is 1. The molecule has 0 radical (unpaired) electrons. The molecule has 0 amide bonds. The zero-order valence-corrected chi connectivity index (χ0v) is 8.12. The maximum absolute atomic E-state index is 9.14. The van der Waals surface area contributed by atoms with E-state index in [1.807, 2.05) is 17.9 Å². The van der Waals surface area contributed by atoms with Crippen molar-refractivity contribution in [2.24, 2.45) is 0 Å². The molecule has 0 aliphatic carbocycles. The second kappa shape index (κ2) is 3.16. The number of aromatic nitrogens is 1. The molecule has 2 heterocycles. The molecular formula is C9H11ClN2O. The minimum atomic E-state index is -0.204. The standard InChI is InChI=1S/C9H11ClN2O/c1-6-9(10)8(2-3-11-6)12-4-7(13)5-12/h2-3,7,13H,4-5H2,1H3. The number of pyridine rings is 1. The van der Waals surface area contributed by atoms with Crippen molar-refractivity contribution < 1.29 is 5.11 Å². The number of β-amino-alcohol motifs (C(OH)–C–C–N with tert-alkyl or cyclic N) is 1. The van der Waals surface area contributed by atoms with Crippen molar-refractivity contribution in [3.63, 3.8) is 0 Å². The van der Waals surface area contributed by atoms with E-state index >= 15 is 0 Å². The lowest BCUT2D eigenvalue weighted by Crippen LogP contribution is -2.51. The Kier molecular flexibility index (Phi) is 2.14. The molecule has 1 aliphatic rings. The Hall–Kier alpha value is -0.800.